The molecule has 0 unspecified atom stereocenters. The molecule has 2 heterocycles. The molecule has 0 bridgehead atoms. The van der Waals surface area contributed by atoms with E-state index >= 15 is 0 Å². The van der Waals surface area contributed by atoms with Crippen LogP contribution in [-0.4, -0.2) is 33.6 Å². The summed E-state index contributed by atoms with van der Waals surface area (Å²) in [7, 11) is 0. The lowest BCUT2D eigenvalue weighted by molar-refractivity contribution is 0.0926. The normalized spacial score (nSPS) is 20.5. The number of aromatic nitrogens is 2. The van der Waals surface area contributed by atoms with E-state index in [0.717, 1.165) is 22.2 Å². The maximum Gasteiger partial charge on any atom is 0.124 e. The smallest absolute Gasteiger partial charge is 0.124 e. The van der Waals surface area contributed by atoms with E-state index in [0.29, 0.717) is 19.6 Å². The number of ether oxygens (including phenoxy) is 1. The summed E-state index contributed by atoms with van der Waals surface area (Å²) in [6.07, 6.45) is 2.00. The van der Waals surface area contributed by atoms with Crippen molar-refractivity contribution in [1.82, 2.24) is 9.78 Å². The van der Waals surface area contributed by atoms with E-state index in [4.69, 9.17) is 10.5 Å². The van der Waals surface area contributed by atoms with Crippen molar-refractivity contribution in [2.24, 2.45) is 5.73 Å². The van der Waals surface area contributed by atoms with Gasteiger partial charge in [-0.1, -0.05) is 0 Å². The predicted molar refractivity (Wildman–Crippen MR) is 68.6 cm³/mol. The fourth-order valence-corrected chi connectivity index (χ4v) is 2.46. The van der Waals surface area contributed by atoms with Gasteiger partial charge >= 0.3 is 0 Å². The van der Waals surface area contributed by atoms with Crippen LogP contribution in [0.5, 0.6) is 5.75 Å². The minimum Gasteiger partial charge on any atom is -0.491 e. The van der Waals surface area contributed by atoms with Gasteiger partial charge in [0.2, 0.25) is 0 Å². The lowest BCUT2D eigenvalue weighted by Gasteiger charge is -2.23. The van der Waals surface area contributed by atoms with Crippen molar-refractivity contribution in [3.8, 4) is 5.75 Å². The highest BCUT2D eigenvalue weighted by Crippen LogP contribution is 2.32. The first-order chi connectivity index (χ1) is 8.65. The zero-order chi connectivity index (χ0) is 12.7. The Hall–Kier alpha value is -1.59. The van der Waals surface area contributed by atoms with Gasteiger partial charge in [-0.3, -0.25) is 4.68 Å². The van der Waals surface area contributed by atoms with Crippen LogP contribution >= 0.6 is 0 Å². The highest BCUT2D eigenvalue weighted by atomic mass is 16.5. The zero-order valence-electron chi connectivity index (χ0n) is 10.3. The first-order valence-electron chi connectivity index (χ1n) is 6.19. The van der Waals surface area contributed by atoms with Crippen molar-refractivity contribution in [3.05, 3.63) is 23.9 Å². The van der Waals surface area contributed by atoms with Crippen molar-refractivity contribution in [2.75, 3.05) is 6.61 Å². The topological polar surface area (TPSA) is 73.3 Å². The fourth-order valence-electron chi connectivity index (χ4n) is 2.46. The number of hydrogen-bond acceptors (Lipinski definition) is 4. The van der Waals surface area contributed by atoms with Crippen molar-refractivity contribution < 1.29 is 9.84 Å². The van der Waals surface area contributed by atoms with E-state index in [2.05, 4.69) is 5.10 Å². The van der Waals surface area contributed by atoms with Gasteiger partial charge in [-0.15, -0.1) is 0 Å². The zero-order valence-corrected chi connectivity index (χ0v) is 10.3. The number of rotatable bonds is 2. The molecular weight excluding hydrogens is 230 g/mol. The molecule has 0 amide bonds. The Kier molecular flexibility index (Phi) is 2.72. The van der Waals surface area contributed by atoms with E-state index in [1.807, 2.05) is 29.9 Å². The van der Waals surface area contributed by atoms with Crippen LogP contribution in [0.3, 0.4) is 0 Å². The standard InChI is InChI=1S/C13H17N3O2/c1-8(14)6-16-13-9(5-15-16)2-3-12-11(13)4-10(17)7-18-12/h2-3,5,8,10,17H,4,6-7,14H2,1H3/t8-,10-/m0/s1. The minimum absolute atomic E-state index is 0.0402. The van der Waals surface area contributed by atoms with Crippen LogP contribution < -0.4 is 10.5 Å². The first kappa shape index (κ1) is 11.5. The first-order valence-corrected chi connectivity index (χ1v) is 6.19. The molecule has 1 aliphatic heterocycles. The number of aliphatic hydroxyl groups is 1. The third-order valence-electron chi connectivity index (χ3n) is 3.20. The molecule has 0 saturated heterocycles. The molecule has 3 N–H and O–H groups in total. The number of fused-ring (bicyclic) bond motifs is 3. The Labute approximate surface area is 105 Å². The van der Waals surface area contributed by atoms with Crippen LogP contribution in [0.2, 0.25) is 0 Å². The Balaban J connectivity index is 2.16. The van der Waals surface area contributed by atoms with Crippen LogP contribution in [0.15, 0.2) is 18.3 Å². The van der Waals surface area contributed by atoms with Crippen molar-refractivity contribution >= 4 is 10.9 Å². The Morgan fingerprint density at radius 2 is 2.44 bits per heavy atom. The molecule has 2 aromatic rings. The van der Waals surface area contributed by atoms with Crippen LogP contribution in [0.4, 0.5) is 0 Å². The van der Waals surface area contributed by atoms with Crippen LogP contribution in [-0.2, 0) is 13.0 Å². The van der Waals surface area contributed by atoms with Crippen LogP contribution in [0, 0.1) is 0 Å². The summed E-state index contributed by atoms with van der Waals surface area (Å²) in [6.45, 7) is 2.98. The van der Waals surface area contributed by atoms with Crippen LogP contribution in [0.25, 0.3) is 10.9 Å². The summed E-state index contributed by atoms with van der Waals surface area (Å²) in [5.41, 5.74) is 7.90. The van der Waals surface area contributed by atoms with E-state index in [1.165, 1.54) is 0 Å². The van der Waals surface area contributed by atoms with E-state index in [9.17, 15) is 5.11 Å². The monoisotopic (exact) mass is 247 g/mol. The van der Waals surface area contributed by atoms with Crippen molar-refractivity contribution in [2.45, 2.75) is 32.0 Å². The molecule has 0 aliphatic carbocycles. The number of hydrogen-bond donors (Lipinski definition) is 2. The molecule has 96 valence electrons. The predicted octanol–water partition coefficient (Wildman–Crippen LogP) is 0.679. The van der Waals surface area contributed by atoms with E-state index < -0.39 is 6.10 Å². The van der Waals surface area contributed by atoms with E-state index in [1.54, 1.807) is 0 Å². The van der Waals surface area contributed by atoms with Gasteiger partial charge in [-0.05, 0) is 19.1 Å². The lowest BCUT2D eigenvalue weighted by Crippen LogP contribution is -2.27. The molecule has 0 fully saturated rings. The van der Waals surface area contributed by atoms with E-state index in [-0.39, 0.29) is 6.04 Å². The molecule has 0 spiro atoms. The second-order valence-electron chi connectivity index (χ2n) is 4.95. The molecule has 1 aromatic carbocycles. The third kappa shape index (κ3) is 1.85. The molecule has 5 heteroatoms. The molecule has 0 radical (unpaired) electrons. The highest BCUT2D eigenvalue weighted by molar-refractivity contribution is 5.84. The summed E-state index contributed by atoms with van der Waals surface area (Å²) in [6, 6.07) is 3.98. The second-order valence-corrected chi connectivity index (χ2v) is 4.95. The summed E-state index contributed by atoms with van der Waals surface area (Å²) in [5, 5.41) is 15.2. The summed E-state index contributed by atoms with van der Waals surface area (Å²) in [4.78, 5) is 0. The van der Waals surface area contributed by atoms with Gasteiger partial charge in [0.15, 0.2) is 0 Å². The lowest BCUT2D eigenvalue weighted by atomic mass is 10.0. The average Bonchev–Trinajstić information content (AvgIpc) is 2.72. The van der Waals surface area contributed by atoms with Gasteiger partial charge < -0.3 is 15.6 Å². The maximum atomic E-state index is 9.75. The number of nitrogens with two attached hydrogens (primary N) is 1. The highest BCUT2D eigenvalue weighted by Gasteiger charge is 2.22. The number of aliphatic hydroxyl groups excluding tert-OH is 1. The molecule has 1 aromatic heterocycles. The third-order valence-corrected chi connectivity index (χ3v) is 3.20. The summed E-state index contributed by atoms with van der Waals surface area (Å²) >= 11 is 0. The molecule has 0 saturated carbocycles. The Morgan fingerprint density at radius 1 is 1.61 bits per heavy atom. The average molecular weight is 247 g/mol. The summed E-state index contributed by atoms with van der Waals surface area (Å²) in [5.74, 6) is 0.847. The molecule has 3 rings (SSSR count). The van der Waals surface area contributed by atoms with Crippen LogP contribution in [0.1, 0.15) is 12.5 Å². The molecule has 18 heavy (non-hydrogen) atoms. The van der Waals surface area contributed by atoms with Crippen molar-refractivity contribution in [3.63, 3.8) is 0 Å². The van der Waals surface area contributed by atoms with Gasteiger partial charge in [-0.25, -0.2) is 0 Å². The Morgan fingerprint density at radius 3 is 3.22 bits per heavy atom. The number of benzene rings is 1. The quantitative estimate of drug-likeness (QED) is 0.818. The molecule has 2 atom stereocenters. The van der Waals surface area contributed by atoms with Gasteiger partial charge in [0.25, 0.3) is 0 Å². The number of nitrogens with zero attached hydrogens (tertiary/aromatic N) is 2. The van der Waals surface area contributed by atoms with Gasteiger partial charge in [-0.2, -0.15) is 5.10 Å². The SMILES string of the molecule is C[C@H](N)Cn1ncc2ccc3c(c21)C[C@H](O)CO3. The largest absolute Gasteiger partial charge is 0.491 e. The second kappa shape index (κ2) is 4.26. The maximum absolute atomic E-state index is 9.75. The minimum atomic E-state index is -0.443. The molecular formula is C13H17N3O2. The summed E-state index contributed by atoms with van der Waals surface area (Å²) < 4.78 is 7.45. The fraction of sp³-hybridized carbons (Fsp3) is 0.462. The van der Waals surface area contributed by atoms with Gasteiger partial charge in [0.05, 0.1) is 24.4 Å². The molecule has 5 nitrogen and oxygen atoms in total. The van der Waals surface area contributed by atoms with Crippen molar-refractivity contribution in [1.29, 1.82) is 0 Å². The Bertz CT molecular complexity index is 577. The molecule has 1 aliphatic rings. The van der Waals surface area contributed by atoms with Gasteiger partial charge in [0, 0.05) is 23.4 Å². The van der Waals surface area contributed by atoms with Gasteiger partial charge in [0.1, 0.15) is 12.4 Å².